The van der Waals surface area contributed by atoms with Crippen LogP contribution in [0.1, 0.15) is 15.9 Å². The molecule has 0 aliphatic heterocycles. The quantitative estimate of drug-likeness (QED) is 0.178. The maximum Gasteiger partial charge on any atom is 0.344 e. The van der Waals surface area contributed by atoms with Crippen LogP contribution in [-0.2, 0) is 4.79 Å². The Bertz CT molecular complexity index is 1310. The lowest BCUT2D eigenvalue weighted by Crippen LogP contribution is -2.24. The van der Waals surface area contributed by atoms with Crippen LogP contribution in [0.2, 0.25) is 5.02 Å². The van der Waals surface area contributed by atoms with Crippen molar-refractivity contribution in [1.29, 1.82) is 0 Å². The Morgan fingerprint density at radius 3 is 2.45 bits per heavy atom. The Balaban J connectivity index is 1.30. The summed E-state index contributed by atoms with van der Waals surface area (Å²) in [6.45, 7) is -0.194. The summed E-state index contributed by atoms with van der Waals surface area (Å²) >= 11 is 5.87. The highest BCUT2D eigenvalue weighted by atomic mass is 35.5. The number of benzene rings is 4. The van der Waals surface area contributed by atoms with E-state index in [2.05, 4.69) is 10.5 Å². The fraction of sp³-hybridized carbons (Fsp3) is 0.0385. The number of nitrogens with one attached hydrogen (secondary N) is 1. The summed E-state index contributed by atoms with van der Waals surface area (Å²) in [5, 5.41) is 6.24. The minimum Gasteiger partial charge on any atom is -0.484 e. The summed E-state index contributed by atoms with van der Waals surface area (Å²) in [5.41, 5.74) is 3.61. The number of amides is 1. The number of ether oxygens (including phenoxy) is 2. The zero-order chi connectivity index (χ0) is 23.0. The number of carbonyl (C=O) groups excluding carboxylic acids is 2. The third-order valence-electron chi connectivity index (χ3n) is 4.67. The lowest BCUT2D eigenvalue weighted by molar-refractivity contribution is -0.123. The van der Waals surface area contributed by atoms with Crippen LogP contribution in [0.15, 0.2) is 96.1 Å². The van der Waals surface area contributed by atoms with Crippen LogP contribution in [0.25, 0.3) is 10.8 Å². The number of carbonyl (C=O) groups is 2. The van der Waals surface area contributed by atoms with E-state index < -0.39 is 11.9 Å². The van der Waals surface area contributed by atoms with Gasteiger partial charge in [0.1, 0.15) is 11.5 Å². The third-order valence-corrected chi connectivity index (χ3v) is 4.90. The van der Waals surface area contributed by atoms with Crippen molar-refractivity contribution < 1.29 is 19.1 Å². The molecule has 0 aliphatic rings. The highest BCUT2D eigenvalue weighted by Crippen LogP contribution is 2.21. The summed E-state index contributed by atoms with van der Waals surface area (Å²) in [7, 11) is 0. The van der Waals surface area contributed by atoms with Crippen LogP contribution in [0.4, 0.5) is 0 Å². The predicted molar refractivity (Wildman–Crippen MR) is 128 cm³/mol. The highest BCUT2D eigenvalue weighted by Gasteiger charge is 2.12. The average Bonchev–Trinajstić information content (AvgIpc) is 2.83. The van der Waals surface area contributed by atoms with Crippen molar-refractivity contribution in [3.63, 3.8) is 0 Å². The van der Waals surface area contributed by atoms with Gasteiger partial charge in [-0.2, -0.15) is 5.10 Å². The number of hydrazone groups is 1. The van der Waals surface area contributed by atoms with E-state index in [0.29, 0.717) is 22.1 Å². The van der Waals surface area contributed by atoms with Crippen molar-refractivity contribution in [2.75, 3.05) is 6.61 Å². The molecule has 164 valence electrons. The van der Waals surface area contributed by atoms with Gasteiger partial charge in [-0.3, -0.25) is 4.79 Å². The van der Waals surface area contributed by atoms with Crippen molar-refractivity contribution >= 4 is 40.5 Å². The monoisotopic (exact) mass is 458 g/mol. The standard InChI is InChI=1S/C26H19ClN2O4/c27-20-7-4-8-22(15-20)32-17-25(30)29-28-16-18-11-13-21(14-12-18)33-26(31)24-10-3-6-19-5-1-2-9-23(19)24/h1-16H,17H2,(H,29,30). The first-order valence-corrected chi connectivity index (χ1v) is 10.5. The van der Waals surface area contributed by atoms with Gasteiger partial charge in [0.25, 0.3) is 5.91 Å². The van der Waals surface area contributed by atoms with Crippen LogP contribution in [0.3, 0.4) is 0 Å². The molecule has 1 amide bonds. The number of esters is 1. The van der Waals surface area contributed by atoms with E-state index in [1.165, 1.54) is 6.21 Å². The van der Waals surface area contributed by atoms with Gasteiger partial charge >= 0.3 is 5.97 Å². The van der Waals surface area contributed by atoms with E-state index in [9.17, 15) is 9.59 Å². The molecule has 0 atom stereocenters. The summed E-state index contributed by atoms with van der Waals surface area (Å²) < 4.78 is 10.9. The van der Waals surface area contributed by atoms with Gasteiger partial charge in [-0.15, -0.1) is 0 Å². The maximum atomic E-state index is 12.6. The van der Waals surface area contributed by atoms with Gasteiger partial charge < -0.3 is 9.47 Å². The summed E-state index contributed by atoms with van der Waals surface area (Å²) in [5.74, 6) is 0.0614. The first-order chi connectivity index (χ1) is 16.1. The number of hydrogen-bond acceptors (Lipinski definition) is 5. The molecule has 4 rings (SSSR count). The molecule has 0 heterocycles. The molecule has 1 N–H and O–H groups in total. The molecule has 4 aromatic rings. The van der Waals surface area contributed by atoms with Crippen LogP contribution in [-0.4, -0.2) is 24.7 Å². The SMILES string of the molecule is O=C(COc1cccc(Cl)c1)NN=Cc1ccc(OC(=O)c2cccc3ccccc23)cc1. The predicted octanol–water partition coefficient (Wildman–Crippen LogP) is 5.24. The van der Waals surface area contributed by atoms with E-state index in [-0.39, 0.29) is 6.61 Å². The molecular formula is C26H19ClN2O4. The number of halogens is 1. The van der Waals surface area contributed by atoms with Crippen LogP contribution >= 0.6 is 11.6 Å². The van der Waals surface area contributed by atoms with Gasteiger partial charge in [0, 0.05) is 5.02 Å². The lowest BCUT2D eigenvalue weighted by Gasteiger charge is -2.07. The van der Waals surface area contributed by atoms with E-state index in [0.717, 1.165) is 16.3 Å². The van der Waals surface area contributed by atoms with E-state index in [1.807, 2.05) is 36.4 Å². The number of fused-ring (bicyclic) bond motifs is 1. The number of rotatable bonds is 7. The maximum absolute atomic E-state index is 12.6. The molecule has 0 radical (unpaired) electrons. The largest absolute Gasteiger partial charge is 0.484 e. The molecule has 0 saturated heterocycles. The second-order valence-corrected chi connectivity index (χ2v) is 7.46. The molecule has 7 heteroatoms. The van der Waals surface area contributed by atoms with Gasteiger partial charge in [0.2, 0.25) is 0 Å². The van der Waals surface area contributed by atoms with Crippen molar-refractivity contribution in [1.82, 2.24) is 5.43 Å². The Kier molecular flexibility index (Phi) is 6.97. The summed E-state index contributed by atoms with van der Waals surface area (Å²) in [6.07, 6.45) is 1.48. The van der Waals surface area contributed by atoms with Gasteiger partial charge in [-0.05, 0) is 64.9 Å². The third kappa shape index (κ3) is 5.96. The Labute approximate surface area is 195 Å². The van der Waals surface area contributed by atoms with Crippen molar-refractivity contribution in [3.05, 3.63) is 107 Å². The Morgan fingerprint density at radius 2 is 1.64 bits per heavy atom. The second kappa shape index (κ2) is 10.4. The normalized spacial score (nSPS) is 10.8. The zero-order valence-corrected chi connectivity index (χ0v) is 18.2. The fourth-order valence-electron chi connectivity index (χ4n) is 3.10. The molecule has 0 spiro atoms. The van der Waals surface area contributed by atoms with Gasteiger partial charge in [0.15, 0.2) is 6.61 Å². The summed E-state index contributed by atoms with van der Waals surface area (Å²) in [4.78, 5) is 24.5. The smallest absolute Gasteiger partial charge is 0.344 e. The number of nitrogens with zero attached hydrogens (tertiary/aromatic N) is 1. The number of hydrogen-bond donors (Lipinski definition) is 1. The highest BCUT2D eigenvalue weighted by molar-refractivity contribution is 6.30. The first-order valence-electron chi connectivity index (χ1n) is 10.1. The molecule has 0 aromatic heterocycles. The first kappa shape index (κ1) is 22.0. The topological polar surface area (TPSA) is 77.0 Å². The van der Waals surface area contributed by atoms with Crippen molar-refractivity contribution in [3.8, 4) is 11.5 Å². The molecular weight excluding hydrogens is 440 g/mol. The summed E-state index contributed by atoms with van der Waals surface area (Å²) in [6, 6.07) is 26.7. The molecule has 0 unspecified atom stereocenters. The molecule has 0 bridgehead atoms. The molecule has 6 nitrogen and oxygen atoms in total. The van der Waals surface area contributed by atoms with Gasteiger partial charge in [-0.1, -0.05) is 54.1 Å². The van der Waals surface area contributed by atoms with Crippen LogP contribution < -0.4 is 14.9 Å². The Morgan fingerprint density at radius 1 is 0.879 bits per heavy atom. The minimum atomic E-state index is -0.430. The van der Waals surface area contributed by atoms with E-state index >= 15 is 0 Å². The zero-order valence-electron chi connectivity index (χ0n) is 17.4. The Hall–Kier alpha value is -4.16. The minimum absolute atomic E-state index is 0.194. The molecule has 0 aliphatic carbocycles. The van der Waals surface area contributed by atoms with E-state index in [4.69, 9.17) is 21.1 Å². The molecule has 0 fully saturated rings. The van der Waals surface area contributed by atoms with Crippen LogP contribution in [0.5, 0.6) is 11.5 Å². The van der Waals surface area contributed by atoms with Crippen molar-refractivity contribution in [2.45, 2.75) is 0 Å². The lowest BCUT2D eigenvalue weighted by atomic mass is 10.0. The fourth-order valence-corrected chi connectivity index (χ4v) is 3.28. The van der Waals surface area contributed by atoms with Crippen molar-refractivity contribution in [2.24, 2.45) is 5.10 Å². The molecule has 33 heavy (non-hydrogen) atoms. The average molecular weight is 459 g/mol. The van der Waals surface area contributed by atoms with E-state index in [1.54, 1.807) is 54.6 Å². The second-order valence-electron chi connectivity index (χ2n) is 7.02. The molecule has 0 saturated carbocycles. The van der Waals surface area contributed by atoms with Crippen LogP contribution in [0, 0.1) is 0 Å². The van der Waals surface area contributed by atoms with Gasteiger partial charge in [0.05, 0.1) is 11.8 Å². The molecule has 4 aromatic carbocycles. The van der Waals surface area contributed by atoms with Gasteiger partial charge in [-0.25, -0.2) is 10.2 Å².